The van der Waals surface area contributed by atoms with Crippen LogP contribution in [-0.2, 0) is 4.79 Å². The summed E-state index contributed by atoms with van der Waals surface area (Å²) in [5, 5.41) is 3.08. The molecule has 0 heterocycles. The average molecular weight is 342 g/mol. The topological polar surface area (TPSA) is 58.4 Å². The molecule has 2 atom stereocenters. The monoisotopic (exact) mass is 341 g/mol. The van der Waals surface area contributed by atoms with Crippen LogP contribution in [0.1, 0.15) is 53.4 Å². The summed E-state index contributed by atoms with van der Waals surface area (Å²) in [4.78, 5) is 14.5. The van der Waals surface area contributed by atoms with Crippen LogP contribution in [0.25, 0.3) is 0 Å². The van der Waals surface area contributed by atoms with Crippen LogP contribution in [0.4, 0.5) is 0 Å². The van der Waals surface area contributed by atoms with Crippen LogP contribution in [0.2, 0.25) is 0 Å². The predicted octanol–water partition coefficient (Wildman–Crippen LogP) is 2.58. The Kier molecular flexibility index (Phi) is 12.8. The molecular weight excluding hydrogens is 309 g/mol. The first-order valence-electron chi connectivity index (χ1n) is 7.70. The Morgan fingerprint density at radius 2 is 1.76 bits per heavy atom. The highest BCUT2D eigenvalue weighted by atomic mass is 35.5. The maximum Gasteiger partial charge on any atom is 0.223 e. The largest absolute Gasteiger partial charge is 0.355 e. The van der Waals surface area contributed by atoms with Gasteiger partial charge in [0.2, 0.25) is 5.91 Å². The van der Waals surface area contributed by atoms with Gasteiger partial charge in [-0.3, -0.25) is 9.69 Å². The number of carbonyl (C=O) groups excluding carboxylic acids is 1. The van der Waals surface area contributed by atoms with Gasteiger partial charge in [0, 0.05) is 37.1 Å². The number of carbonyl (C=O) groups is 1. The third kappa shape index (κ3) is 8.24. The van der Waals surface area contributed by atoms with Crippen LogP contribution in [0.15, 0.2) is 0 Å². The van der Waals surface area contributed by atoms with Gasteiger partial charge in [-0.2, -0.15) is 0 Å². The lowest BCUT2D eigenvalue weighted by molar-refractivity contribution is -0.126. The van der Waals surface area contributed by atoms with Crippen molar-refractivity contribution in [2.24, 2.45) is 11.7 Å². The van der Waals surface area contributed by atoms with Gasteiger partial charge in [-0.05, 0) is 47.0 Å². The summed E-state index contributed by atoms with van der Waals surface area (Å²) in [7, 11) is 0. The van der Waals surface area contributed by atoms with Gasteiger partial charge in [0.05, 0.1) is 0 Å². The number of nitrogens with two attached hydrogens (primary N) is 1. The molecule has 3 N–H and O–H groups in total. The molecule has 0 aromatic carbocycles. The molecule has 128 valence electrons. The molecule has 1 aliphatic carbocycles. The highest BCUT2D eigenvalue weighted by Gasteiger charge is 2.25. The first-order valence-corrected chi connectivity index (χ1v) is 7.70. The van der Waals surface area contributed by atoms with E-state index in [0.29, 0.717) is 12.1 Å². The summed E-state index contributed by atoms with van der Waals surface area (Å²) in [6, 6.07) is 1.24. The van der Waals surface area contributed by atoms with Crippen LogP contribution in [0.3, 0.4) is 0 Å². The number of nitrogens with zero attached hydrogens (tertiary/aromatic N) is 1. The molecule has 0 aliphatic heterocycles. The molecule has 0 aromatic heterocycles. The molecule has 0 saturated heterocycles. The fourth-order valence-corrected chi connectivity index (χ4v) is 3.03. The van der Waals surface area contributed by atoms with Crippen molar-refractivity contribution in [3.05, 3.63) is 0 Å². The molecular formula is C15H33Cl2N3O. The molecule has 1 aliphatic rings. The van der Waals surface area contributed by atoms with Crippen molar-refractivity contribution in [3.63, 3.8) is 0 Å². The Hall–Kier alpha value is -0.0300. The Bertz CT molecular complexity index is 280. The molecule has 2 unspecified atom stereocenters. The third-order valence-corrected chi connectivity index (χ3v) is 4.08. The predicted molar refractivity (Wildman–Crippen MR) is 94.4 cm³/mol. The Balaban J connectivity index is 0. The molecule has 1 rings (SSSR count). The summed E-state index contributed by atoms with van der Waals surface area (Å²) in [5.41, 5.74) is 5.93. The van der Waals surface area contributed by atoms with Gasteiger partial charge >= 0.3 is 0 Å². The number of halogens is 2. The van der Waals surface area contributed by atoms with Crippen molar-refractivity contribution in [1.82, 2.24) is 10.2 Å². The highest BCUT2D eigenvalue weighted by molar-refractivity contribution is 5.85. The smallest absolute Gasteiger partial charge is 0.223 e. The van der Waals surface area contributed by atoms with Gasteiger partial charge in [0.1, 0.15) is 0 Å². The number of rotatable bonds is 6. The molecule has 0 spiro atoms. The maximum absolute atomic E-state index is 12.1. The fourth-order valence-electron chi connectivity index (χ4n) is 3.03. The Labute approximate surface area is 142 Å². The minimum atomic E-state index is 0. The van der Waals surface area contributed by atoms with Gasteiger partial charge < -0.3 is 11.1 Å². The lowest BCUT2D eigenvalue weighted by atomic mass is 9.85. The summed E-state index contributed by atoms with van der Waals surface area (Å²) in [5.74, 6) is 0.331. The summed E-state index contributed by atoms with van der Waals surface area (Å²) in [6.07, 6.45) is 4.00. The summed E-state index contributed by atoms with van der Waals surface area (Å²) in [6.45, 7) is 10.4. The number of hydrogen-bond acceptors (Lipinski definition) is 3. The molecule has 1 fully saturated rings. The van der Waals surface area contributed by atoms with Gasteiger partial charge in [0.15, 0.2) is 0 Å². The second-order valence-corrected chi connectivity index (χ2v) is 6.34. The first-order chi connectivity index (χ1) is 8.91. The van der Waals surface area contributed by atoms with Crippen LogP contribution < -0.4 is 11.1 Å². The van der Waals surface area contributed by atoms with E-state index in [-0.39, 0.29) is 42.7 Å². The van der Waals surface area contributed by atoms with E-state index in [0.717, 1.165) is 38.8 Å². The van der Waals surface area contributed by atoms with E-state index in [1.165, 1.54) is 0 Å². The minimum absolute atomic E-state index is 0. The molecule has 0 radical (unpaired) electrons. The molecule has 0 aromatic rings. The number of hydrogen-bond donors (Lipinski definition) is 2. The number of nitrogens with one attached hydrogen (secondary N) is 1. The second-order valence-electron chi connectivity index (χ2n) is 6.34. The van der Waals surface area contributed by atoms with Crippen molar-refractivity contribution >= 4 is 30.7 Å². The standard InChI is InChI=1S/C15H31N3O.2ClH/c1-11(2)18(12(3)4)9-8-17-15(19)13-6-5-7-14(16)10-13;;/h11-14H,5-10,16H2,1-4H3,(H,17,19);2*1H. The second kappa shape index (κ2) is 11.5. The van der Waals surface area contributed by atoms with E-state index in [2.05, 4.69) is 37.9 Å². The first kappa shape index (κ1) is 23.2. The fraction of sp³-hybridized carbons (Fsp3) is 0.933. The van der Waals surface area contributed by atoms with E-state index in [1.807, 2.05) is 0 Å². The molecule has 4 nitrogen and oxygen atoms in total. The molecule has 21 heavy (non-hydrogen) atoms. The third-order valence-electron chi connectivity index (χ3n) is 4.08. The lowest BCUT2D eigenvalue weighted by Crippen LogP contribution is -2.44. The van der Waals surface area contributed by atoms with Crippen LogP contribution in [-0.4, -0.2) is 42.0 Å². The Morgan fingerprint density at radius 1 is 1.19 bits per heavy atom. The zero-order valence-electron chi connectivity index (χ0n) is 13.8. The van der Waals surface area contributed by atoms with Crippen molar-refractivity contribution in [2.45, 2.75) is 71.5 Å². The maximum atomic E-state index is 12.1. The van der Waals surface area contributed by atoms with Crippen LogP contribution in [0, 0.1) is 5.92 Å². The normalized spacial score (nSPS) is 21.9. The Morgan fingerprint density at radius 3 is 2.24 bits per heavy atom. The van der Waals surface area contributed by atoms with E-state index in [4.69, 9.17) is 5.73 Å². The van der Waals surface area contributed by atoms with Crippen molar-refractivity contribution in [1.29, 1.82) is 0 Å². The van der Waals surface area contributed by atoms with Gasteiger partial charge in [0.25, 0.3) is 0 Å². The highest BCUT2D eigenvalue weighted by Crippen LogP contribution is 2.22. The SMILES string of the molecule is CC(C)N(CCNC(=O)C1CCCC(N)C1)C(C)C.Cl.Cl. The van der Waals surface area contributed by atoms with Crippen LogP contribution >= 0.6 is 24.8 Å². The number of amides is 1. The van der Waals surface area contributed by atoms with Gasteiger partial charge in [-0.25, -0.2) is 0 Å². The van der Waals surface area contributed by atoms with E-state index in [9.17, 15) is 4.79 Å². The molecule has 1 saturated carbocycles. The van der Waals surface area contributed by atoms with Crippen molar-refractivity contribution < 1.29 is 4.79 Å². The quantitative estimate of drug-likeness (QED) is 0.780. The molecule has 6 heteroatoms. The lowest BCUT2D eigenvalue weighted by Gasteiger charge is -2.31. The molecule has 1 amide bonds. The zero-order chi connectivity index (χ0) is 14.4. The zero-order valence-corrected chi connectivity index (χ0v) is 15.4. The van der Waals surface area contributed by atoms with Gasteiger partial charge in [-0.1, -0.05) is 6.42 Å². The average Bonchev–Trinajstić information content (AvgIpc) is 2.33. The minimum Gasteiger partial charge on any atom is -0.355 e. The summed E-state index contributed by atoms with van der Waals surface area (Å²) >= 11 is 0. The summed E-state index contributed by atoms with van der Waals surface area (Å²) < 4.78 is 0. The van der Waals surface area contributed by atoms with Gasteiger partial charge in [-0.15, -0.1) is 24.8 Å². The van der Waals surface area contributed by atoms with Crippen molar-refractivity contribution in [3.8, 4) is 0 Å². The van der Waals surface area contributed by atoms with Crippen LogP contribution in [0.5, 0.6) is 0 Å². The van der Waals surface area contributed by atoms with E-state index in [1.54, 1.807) is 0 Å². The van der Waals surface area contributed by atoms with E-state index < -0.39 is 0 Å². The van der Waals surface area contributed by atoms with Crippen molar-refractivity contribution in [2.75, 3.05) is 13.1 Å². The molecule has 0 bridgehead atoms. The van der Waals surface area contributed by atoms with E-state index >= 15 is 0 Å².